The van der Waals surface area contributed by atoms with E-state index in [1.54, 1.807) is 0 Å². The highest BCUT2D eigenvalue weighted by Crippen LogP contribution is 2.24. The minimum absolute atomic E-state index is 0.329. The van der Waals surface area contributed by atoms with Crippen molar-refractivity contribution in [2.75, 3.05) is 27.3 Å². The zero-order valence-electron chi connectivity index (χ0n) is 18.6. The number of hydrogen-bond donors (Lipinski definition) is 2. The van der Waals surface area contributed by atoms with Gasteiger partial charge in [-0.25, -0.2) is 9.59 Å². The maximum absolute atomic E-state index is 11.8. The van der Waals surface area contributed by atoms with E-state index < -0.39 is 24.6 Å². The Hall–Kier alpha value is -3.10. The molecule has 174 valence electrons. The van der Waals surface area contributed by atoms with Gasteiger partial charge in [0.05, 0.1) is 0 Å². The predicted octanol–water partition coefficient (Wildman–Crippen LogP) is 5.20. The van der Waals surface area contributed by atoms with Crippen molar-refractivity contribution in [1.29, 1.82) is 0 Å². The summed E-state index contributed by atoms with van der Waals surface area (Å²) in [6.07, 6.45) is -0.561. The molecule has 2 aromatic carbocycles. The lowest BCUT2D eigenvalue weighted by Crippen LogP contribution is -2.36. The van der Waals surface area contributed by atoms with Crippen LogP contribution in [0.4, 0.5) is 9.59 Å². The van der Waals surface area contributed by atoms with Gasteiger partial charge in [-0.15, -0.1) is 0 Å². The van der Waals surface area contributed by atoms with Gasteiger partial charge in [0, 0.05) is 38.4 Å². The summed E-state index contributed by atoms with van der Waals surface area (Å²) in [6.45, 7) is 0.659. The Morgan fingerprint density at radius 2 is 1.03 bits per heavy atom. The monoisotopic (exact) mass is 444 g/mol. The third-order valence-corrected chi connectivity index (χ3v) is 5.22. The first kappa shape index (κ1) is 25.2. The van der Waals surface area contributed by atoms with E-state index in [2.05, 4.69) is 0 Å². The third-order valence-electron chi connectivity index (χ3n) is 5.22. The summed E-state index contributed by atoms with van der Waals surface area (Å²) in [5.41, 5.74) is 1.56. The molecule has 0 saturated carbocycles. The van der Waals surface area contributed by atoms with E-state index >= 15 is 0 Å². The standard InChI is InChI=1S/C24H32N2O6/c1-31-21(19-13-7-5-8-14-19)25(23(27)28)17-11-3-4-12-18-26(24(29)30)22(32-2)20-15-9-6-10-16-20/h5-10,13-16,21-22H,3-4,11-12,17-18H2,1-2H3,(H,27,28)(H,29,30). The summed E-state index contributed by atoms with van der Waals surface area (Å²) >= 11 is 0. The van der Waals surface area contributed by atoms with E-state index in [0.29, 0.717) is 25.9 Å². The summed E-state index contributed by atoms with van der Waals surface area (Å²) < 4.78 is 10.9. The molecule has 0 heterocycles. The number of amides is 2. The quantitative estimate of drug-likeness (QED) is 0.325. The molecule has 32 heavy (non-hydrogen) atoms. The Kier molecular flexibility index (Phi) is 10.5. The minimum atomic E-state index is -1.04. The van der Waals surface area contributed by atoms with Crippen LogP contribution in [0.25, 0.3) is 0 Å². The van der Waals surface area contributed by atoms with Crippen molar-refractivity contribution >= 4 is 12.2 Å². The zero-order chi connectivity index (χ0) is 23.3. The first-order valence-electron chi connectivity index (χ1n) is 10.6. The van der Waals surface area contributed by atoms with E-state index in [1.165, 1.54) is 24.0 Å². The second-order valence-electron chi connectivity index (χ2n) is 7.36. The van der Waals surface area contributed by atoms with Crippen molar-refractivity contribution in [2.24, 2.45) is 0 Å². The lowest BCUT2D eigenvalue weighted by atomic mass is 10.1. The maximum atomic E-state index is 11.8. The number of hydrogen-bond acceptors (Lipinski definition) is 4. The fourth-order valence-corrected chi connectivity index (χ4v) is 3.67. The van der Waals surface area contributed by atoms with Crippen LogP contribution in [-0.2, 0) is 9.47 Å². The average Bonchev–Trinajstić information content (AvgIpc) is 2.80. The van der Waals surface area contributed by atoms with Crippen LogP contribution in [0.2, 0.25) is 0 Å². The first-order chi connectivity index (χ1) is 15.5. The molecular formula is C24H32N2O6. The number of benzene rings is 2. The molecule has 0 aliphatic carbocycles. The molecule has 2 atom stereocenters. The van der Waals surface area contributed by atoms with E-state index in [1.807, 2.05) is 60.7 Å². The Morgan fingerprint density at radius 3 is 1.31 bits per heavy atom. The minimum Gasteiger partial charge on any atom is -0.465 e. The molecule has 2 N–H and O–H groups in total. The predicted molar refractivity (Wildman–Crippen MR) is 120 cm³/mol. The van der Waals surface area contributed by atoms with Crippen LogP contribution >= 0.6 is 0 Å². The lowest BCUT2D eigenvalue weighted by molar-refractivity contribution is -0.0259. The summed E-state index contributed by atoms with van der Waals surface area (Å²) in [6, 6.07) is 18.5. The molecule has 0 fully saturated rings. The average molecular weight is 445 g/mol. The molecule has 8 heteroatoms. The highest BCUT2D eigenvalue weighted by Gasteiger charge is 2.25. The molecule has 0 aliphatic rings. The molecule has 2 amide bonds. The van der Waals surface area contributed by atoms with Crippen LogP contribution in [-0.4, -0.2) is 59.5 Å². The molecule has 0 radical (unpaired) electrons. The summed E-state index contributed by atoms with van der Waals surface area (Å²) in [5.74, 6) is 0. The molecule has 8 nitrogen and oxygen atoms in total. The van der Waals surface area contributed by atoms with Crippen LogP contribution in [0.5, 0.6) is 0 Å². The van der Waals surface area contributed by atoms with Gasteiger partial charge in [0.15, 0.2) is 12.5 Å². The maximum Gasteiger partial charge on any atom is 0.409 e. The van der Waals surface area contributed by atoms with Crippen molar-refractivity contribution in [1.82, 2.24) is 9.80 Å². The van der Waals surface area contributed by atoms with Gasteiger partial charge < -0.3 is 19.7 Å². The molecule has 0 aromatic heterocycles. The van der Waals surface area contributed by atoms with Crippen LogP contribution in [0.15, 0.2) is 60.7 Å². The Balaban J connectivity index is 1.84. The highest BCUT2D eigenvalue weighted by atomic mass is 16.5. The van der Waals surface area contributed by atoms with E-state index in [0.717, 1.165) is 24.0 Å². The summed E-state index contributed by atoms with van der Waals surface area (Å²) in [4.78, 5) is 26.1. The first-order valence-corrected chi connectivity index (χ1v) is 10.6. The lowest BCUT2D eigenvalue weighted by Gasteiger charge is -2.29. The highest BCUT2D eigenvalue weighted by molar-refractivity contribution is 5.66. The van der Waals surface area contributed by atoms with E-state index in [9.17, 15) is 19.8 Å². The number of unbranched alkanes of at least 4 members (excludes halogenated alkanes) is 3. The second-order valence-corrected chi connectivity index (χ2v) is 7.36. The van der Waals surface area contributed by atoms with Crippen molar-refractivity contribution in [2.45, 2.75) is 38.1 Å². The Bertz CT molecular complexity index is 748. The molecule has 0 aliphatic heterocycles. The molecular weight excluding hydrogens is 412 g/mol. The molecule has 2 rings (SSSR count). The van der Waals surface area contributed by atoms with E-state index in [4.69, 9.17) is 9.47 Å². The van der Waals surface area contributed by atoms with Gasteiger partial charge in [-0.05, 0) is 12.8 Å². The third kappa shape index (κ3) is 7.25. The van der Waals surface area contributed by atoms with Gasteiger partial charge in [0.2, 0.25) is 0 Å². The van der Waals surface area contributed by atoms with Crippen molar-refractivity contribution in [3.05, 3.63) is 71.8 Å². The van der Waals surface area contributed by atoms with Gasteiger partial charge in [-0.2, -0.15) is 0 Å². The number of ether oxygens (including phenoxy) is 2. The SMILES string of the molecule is COC(c1ccccc1)N(CCCCCCN(C(=O)O)C(OC)c1ccccc1)C(=O)O. The van der Waals surface area contributed by atoms with Gasteiger partial charge >= 0.3 is 12.2 Å². The fourth-order valence-electron chi connectivity index (χ4n) is 3.67. The molecule has 0 bridgehead atoms. The van der Waals surface area contributed by atoms with Gasteiger partial charge in [0.25, 0.3) is 0 Å². The van der Waals surface area contributed by atoms with Gasteiger partial charge in [-0.1, -0.05) is 73.5 Å². The Morgan fingerprint density at radius 1 is 0.688 bits per heavy atom. The number of methoxy groups -OCH3 is 2. The Labute approximate surface area is 189 Å². The van der Waals surface area contributed by atoms with Gasteiger partial charge in [-0.3, -0.25) is 9.80 Å². The summed E-state index contributed by atoms with van der Waals surface area (Å²) in [7, 11) is 2.99. The molecule has 0 saturated heterocycles. The topological polar surface area (TPSA) is 99.5 Å². The fraction of sp³-hybridized carbons (Fsp3) is 0.417. The second kappa shape index (κ2) is 13.3. The van der Waals surface area contributed by atoms with Crippen LogP contribution in [0.1, 0.15) is 49.3 Å². The molecule has 0 spiro atoms. The molecule has 2 unspecified atom stereocenters. The number of nitrogens with zero attached hydrogens (tertiary/aromatic N) is 2. The summed E-state index contributed by atoms with van der Waals surface area (Å²) in [5, 5.41) is 19.3. The smallest absolute Gasteiger partial charge is 0.409 e. The number of carboxylic acid groups (broad SMARTS) is 2. The van der Waals surface area contributed by atoms with Crippen LogP contribution in [0.3, 0.4) is 0 Å². The number of carbonyl (C=O) groups is 2. The van der Waals surface area contributed by atoms with Crippen molar-refractivity contribution in [3.63, 3.8) is 0 Å². The normalized spacial score (nSPS) is 12.7. The van der Waals surface area contributed by atoms with Crippen LogP contribution in [0, 0.1) is 0 Å². The van der Waals surface area contributed by atoms with Gasteiger partial charge in [0.1, 0.15) is 0 Å². The largest absolute Gasteiger partial charge is 0.465 e. The zero-order valence-corrected chi connectivity index (χ0v) is 18.6. The van der Waals surface area contributed by atoms with Crippen molar-refractivity contribution in [3.8, 4) is 0 Å². The molecule has 2 aromatic rings. The van der Waals surface area contributed by atoms with E-state index in [-0.39, 0.29) is 0 Å². The van der Waals surface area contributed by atoms with Crippen LogP contribution < -0.4 is 0 Å². The van der Waals surface area contributed by atoms with Crippen molar-refractivity contribution < 1.29 is 29.3 Å². The number of rotatable bonds is 13.